The molecule has 3 aromatic rings. The summed E-state index contributed by atoms with van der Waals surface area (Å²) in [6.07, 6.45) is 0.705. The Morgan fingerprint density at radius 2 is 1.78 bits per heavy atom. The SMILES string of the molecule is Cc1cccc(C)c1OCc1nc2ccccc2n1CCCO. The Hall–Kier alpha value is -2.33. The first-order valence-corrected chi connectivity index (χ1v) is 7.94. The van der Waals surface area contributed by atoms with Crippen molar-refractivity contribution in [1.82, 2.24) is 9.55 Å². The fourth-order valence-electron chi connectivity index (χ4n) is 2.88. The van der Waals surface area contributed by atoms with Crippen LogP contribution in [0.15, 0.2) is 42.5 Å². The Bertz CT molecular complexity index is 788. The first-order valence-electron chi connectivity index (χ1n) is 7.94. The molecule has 0 bridgehead atoms. The number of aliphatic hydroxyl groups excluding tert-OH is 1. The summed E-state index contributed by atoms with van der Waals surface area (Å²) in [6.45, 7) is 5.44. The van der Waals surface area contributed by atoms with Crippen LogP contribution in [0.25, 0.3) is 11.0 Å². The van der Waals surface area contributed by atoms with Gasteiger partial charge in [-0.2, -0.15) is 0 Å². The summed E-state index contributed by atoms with van der Waals surface area (Å²) in [6, 6.07) is 14.2. The van der Waals surface area contributed by atoms with E-state index in [1.54, 1.807) is 0 Å². The molecule has 1 N–H and O–H groups in total. The molecule has 0 saturated carbocycles. The third-order valence-electron chi connectivity index (χ3n) is 4.03. The Kier molecular flexibility index (Phi) is 4.63. The Morgan fingerprint density at radius 3 is 2.52 bits per heavy atom. The largest absolute Gasteiger partial charge is 0.485 e. The number of para-hydroxylation sites is 3. The van der Waals surface area contributed by atoms with Crippen LogP contribution in [-0.4, -0.2) is 21.3 Å². The highest BCUT2D eigenvalue weighted by atomic mass is 16.5. The molecule has 0 aliphatic carbocycles. The maximum atomic E-state index is 9.14. The molecule has 0 fully saturated rings. The van der Waals surface area contributed by atoms with Gasteiger partial charge >= 0.3 is 0 Å². The maximum absolute atomic E-state index is 9.14. The van der Waals surface area contributed by atoms with Gasteiger partial charge in [-0.15, -0.1) is 0 Å². The molecule has 3 rings (SSSR count). The van der Waals surface area contributed by atoms with Crippen LogP contribution in [0.2, 0.25) is 0 Å². The van der Waals surface area contributed by atoms with Crippen LogP contribution in [-0.2, 0) is 13.2 Å². The van der Waals surface area contributed by atoms with Crippen molar-refractivity contribution in [3.05, 3.63) is 59.4 Å². The van der Waals surface area contributed by atoms with E-state index < -0.39 is 0 Å². The van der Waals surface area contributed by atoms with Gasteiger partial charge in [-0.05, 0) is 43.5 Å². The minimum Gasteiger partial charge on any atom is -0.485 e. The average molecular weight is 310 g/mol. The van der Waals surface area contributed by atoms with Crippen LogP contribution >= 0.6 is 0 Å². The third kappa shape index (κ3) is 3.22. The molecule has 0 spiro atoms. The average Bonchev–Trinajstić information content (AvgIpc) is 2.90. The van der Waals surface area contributed by atoms with E-state index in [4.69, 9.17) is 14.8 Å². The number of hydrogen-bond acceptors (Lipinski definition) is 3. The minimum atomic E-state index is 0.170. The summed E-state index contributed by atoms with van der Waals surface area (Å²) in [5.74, 6) is 1.82. The number of fused-ring (bicyclic) bond motifs is 1. The van der Waals surface area contributed by atoms with Crippen LogP contribution in [0, 0.1) is 13.8 Å². The maximum Gasteiger partial charge on any atom is 0.147 e. The number of hydrogen-bond donors (Lipinski definition) is 1. The zero-order valence-corrected chi connectivity index (χ0v) is 13.6. The standard InChI is InChI=1S/C19H22N2O2/c1-14-7-5-8-15(2)19(14)23-13-18-20-16-9-3-4-10-17(16)21(18)11-6-12-22/h3-5,7-10,22H,6,11-13H2,1-2H3. The van der Waals surface area contributed by atoms with Gasteiger partial charge in [0.15, 0.2) is 0 Å². The number of benzene rings is 2. The first-order chi connectivity index (χ1) is 11.2. The van der Waals surface area contributed by atoms with Gasteiger partial charge in [-0.3, -0.25) is 0 Å². The van der Waals surface area contributed by atoms with Gasteiger partial charge in [0, 0.05) is 13.2 Å². The van der Waals surface area contributed by atoms with Gasteiger partial charge in [0.25, 0.3) is 0 Å². The highest BCUT2D eigenvalue weighted by molar-refractivity contribution is 5.75. The van der Waals surface area contributed by atoms with Crippen LogP contribution in [0.1, 0.15) is 23.4 Å². The van der Waals surface area contributed by atoms with Gasteiger partial charge in [0.1, 0.15) is 18.2 Å². The van der Waals surface area contributed by atoms with E-state index in [0.717, 1.165) is 40.3 Å². The molecule has 0 unspecified atom stereocenters. The molecule has 120 valence electrons. The lowest BCUT2D eigenvalue weighted by molar-refractivity contribution is 0.268. The molecule has 4 nitrogen and oxygen atoms in total. The normalized spacial score (nSPS) is 11.1. The molecule has 2 aromatic carbocycles. The summed E-state index contributed by atoms with van der Waals surface area (Å²) in [7, 11) is 0. The van der Waals surface area contributed by atoms with Crippen LogP contribution in [0.5, 0.6) is 5.75 Å². The number of imidazole rings is 1. The second-order valence-electron chi connectivity index (χ2n) is 5.76. The number of nitrogens with zero attached hydrogens (tertiary/aromatic N) is 2. The molecule has 0 aliphatic rings. The molecule has 1 heterocycles. The molecule has 4 heteroatoms. The zero-order valence-electron chi connectivity index (χ0n) is 13.6. The van der Waals surface area contributed by atoms with Crippen molar-refractivity contribution in [2.75, 3.05) is 6.61 Å². The number of rotatable bonds is 6. The van der Waals surface area contributed by atoms with Crippen molar-refractivity contribution in [2.45, 2.75) is 33.4 Å². The molecular weight excluding hydrogens is 288 g/mol. The van der Waals surface area contributed by atoms with E-state index in [1.807, 2.05) is 24.3 Å². The quantitative estimate of drug-likeness (QED) is 0.756. The van der Waals surface area contributed by atoms with Crippen LogP contribution < -0.4 is 4.74 Å². The van der Waals surface area contributed by atoms with Crippen molar-refractivity contribution < 1.29 is 9.84 Å². The lowest BCUT2D eigenvalue weighted by atomic mass is 10.1. The summed E-state index contributed by atoms with van der Waals surface area (Å²) < 4.78 is 8.20. The summed E-state index contributed by atoms with van der Waals surface area (Å²) in [5.41, 5.74) is 4.30. The number of aryl methyl sites for hydroxylation is 3. The van der Waals surface area contributed by atoms with Crippen molar-refractivity contribution in [1.29, 1.82) is 0 Å². The van der Waals surface area contributed by atoms with E-state index in [0.29, 0.717) is 13.0 Å². The number of aliphatic hydroxyl groups is 1. The van der Waals surface area contributed by atoms with Crippen molar-refractivity contribution in [3.63, 3.8) is 0 Å². The Balaban J connectivity index is 1.90. The summed E-state index contributed by atoms with van der Waals surface area (Å²) in [4.78, 5) is 4.70. The van der Waals surface area contributed by atoms with E-state index in [2.05, 4.69) is 36.6 Å². The highest BCUT2D eigenvalue weighted by Gasteiger charge is 2.12. The Labute approximate surface area is 136 Å². The lowest BCUT2D eigenvalue weighted by Gasteiger charge is -2.13. The predicted octanol–water partition coefficient (Wildman–Crippen LogP) is 3.61. The molecule has 23 heavy (non-hydrogen) atoms. The second-order valence-corrected chi connectivity index (χ2v) is 5.76. The van der Waals surface area contributed by atoms with E-state index >= 15 is 0 Å². The van der Waals surface area contributed by atoms with Crippen molar-refractivity contribution in [3.8, 4) is 5.75 Å². The number of ether oxygens (including phenoxy) is 1. The lowest BCUT2D eigenvalue weighted by Crippen LogP contribution is -2.09. The van der Waals surface area contributed by atoms with E-state index in [9.17, 15) is 0 Å². The second kappa shape index (κ2) is 6.84. The molecule has 1 aromatic heterocycles. The molecular formula is C19H22N2O2. The van der Waals surface area contributed by atoms with Gasteiger partial charge in [0.05, 0.1) is 11.0 Å². The van der Waals surface area contributed by atoms with Gasteiger partial charge < -0.3 is 14.4 Å². The van der Waals surface area contributed by atoms with Crippen LogP contribution in [0.4, 0.5) is 0 Å². The third-order valence-corrected chi connectivity index (χ3v) is 4.03. The monoisotopic (exact) mass is 310 g/mol. The molecule has 0 aliphatic heterocycles. The highest BCUT2D eigenvalue weighted by Crippen LogP contribution is 2.24. The summed E-state index contributed by atoms with van der Waals surface area (Å²) >= 11 is 0. The van der Waals surface area contributed by atoms with Gasteiger partial charge in [0.2, 0.25) is 0 Å². The summed E-state index contributed by atoms with van der Waals surface area (Å²) in [5, 5.41) is 9.14. The van der Waals surface area contributed by atoms with Crippen molar-refractivity contribution >= 4 is 11.0 Å². The molecule has 0 saturated heterocycles. The fraction of sp³-hybridized carbons (Fsp3) is 0.316. The molecule has 0 radical (unpaired) electrons. The first kappa shape index (κ1) is 15.6. The minimum absolute atomic E-state index is 0.170. The van der Waals surface area contributed by atoms with E-state index in [1.165, 1.54) is 0 Å². The van der Waals surface area contributed by atoms with Gasteiger partial charge in [-0.25, -0.2) is 4.98 Å². The predicted molar refractivity (Wildman–Crippen MR) is 91.7 cm³/mol. The van der Waals surface area contributed by atoms with E-state index in [-0.39, 0.29) is 6.61 Å². The topological polar surface area (TPSA) is 47.3 Å². The molecule has 0 atom stereocenters. The van der Waals surface area contributed by atoms with Crippen molar-refractivity contribution in [2.24, 2.45) is 0 Å². The smallest absolute Gasteiger partial charge is 0.147 e. The number of aromatic nitrogens is 2. The fourth-order valence-corrected chi connectivity index (χ4v) is 2.88. The van der Waals surface area contributed by atoms with Gasteiger partial charge in [-0.1, -0.05) is 30.3 Å². The molecule has 0 amide bonds. The van der Waals surface area contributed by atoms with Crippen LogP contribution in [0.3, 0.4) is 0 Å². The zero-order chi connectivity index (χ0) is 16.2. The Morgan fingerprint density at radius 1 is 1.04 bits per heavy atom.